The highest BCUT2D eigenvalue weighted by Gasteiger charge is 2.22. The van der Waals surface area contributed by atoms with Crippen LogP contribution in [0, 0.1) is 11.6 Å². The molecule has 0 aromatic heterocycles. The number of ether oxygens (including phenoxy) is 1. The predicted molar refractivity (Wildman–Crippen MR) is 110 cm³/mol. The molecule has 1 amide bonds. The second-order valence-electron chi connectivity index (χ2n) is 6.03. The fraction of sp³-hybridized carbons (Fsp3) is 0.0500. The SMILES string of the molecule is COc1ccccc1NS(=O)(=O)c1cc(C(=O)Nc2ccc(F)cc2F)ccc1Cl. The van der Waals surface area contributed by atoms with E-state index in [-0.39, 0.29) is 32.6 Å². The van der Waals surface area contributed by atoms with Crippen LogP contribution in [0.3, 0.4) is 0 Å². The Morgan fingerprint density at radius 3 is 2.43 bits per heavy atom. The summed E-state index contributed by atoms with van der Waals surface area (Å²) < 4.78 is 59.9. The molecule has 0 bridgehead atoms. The molecule has 10 heteroatoms. The van der Waals surface area contributed by atoms with Crippen molar-refractivity contribution in [2.75, 3.05) is 17.1 Å². The minimum Gasteiger partial charge on any atom is -0.495 e. The third-order valence-electron chi connectivity index (χ3n) is 4.01. The lowest BCUT2D eigenvalue weighted by Gasteiger charge is -2.13. The van der Waals surface area contributed by atoms with Crippen LogP contribution in [-0.2, 0) is 10.0 Å². The third kappa shape index (κ3) is 4.69. The molecule has 30 heavy (non-hydrogen) atoms. The van der Waals surface area contributed by atoms with Crippen molar-refractivity contribution in [3.8, 4) is 5.75 Å². The number of carbonyl (C=O) groups is 1. The summed E-state index contributed by atoms with van der Waals surface area (Å²) in [5.41, 5.74) is -0.171. The van der Waals surface area contributed by atoms with Crippen molar-refractivity contribution in [3.63, 3.8) is 0 Å². The van der Waals surface area contributed by atoms with Crippen LogP contribution in [-0.4, -0.2) is 21.4 Å². The summed E-state index contributed by atoms with van der Waals surface area (Å²) in [4.78, 5) is 12.1. The highest BCUT2D eigenvalue weighted by atomic mass is 35.5. The minimum absolute atomic E-state index is 0.0940. The van der Waals surface area contributed by atoms with E-state index in [1.165, 1.54) is 25.3 Å². The second kappa shape index (κ2) is 8.68. The van der Waals surface area contributed by atoms with Crippen molar-refractivity contribution in [3.05, 3.63) is 82.9 Å². The van der Waals surface area contributed by atoms with Crippen LogP contribution in [0.15, 0.2) is 65.6 Å². The maximum absolute atomic E-state index is 13.8. The van der Waals surface area contributed by atoms with E-state index < -0.39 is 27.6 Å². The van der Waals surface area contributed by atoms with Crippen LogP contribution in [0.4, 0.5) is 20.2 Å². The van der Waals surface area contributed by atoms with Crippen molar-refractivity contribution in [1.29, 1.82) is 0 Å². The molecule has 3 aromatic carbocycles. The van der Waals surface area contributed by atoms with Crippen molar-refractivity contribution in [2.45, 2.75) is 4.90 Å². The lowest BCUT2D eigenvalue weighted by molar-refractivity contribution is 0.102. The maximum Gasteiger partial charge on any atom is 0.263 e. The van der Waals surface area contributed by atoms with Gasteiger partial charge in [0.25, 0.3) is 15.9 Å². The molecular formula is C20H15ClF2N2O4S. The van der Waals surface area contributed by atoms with Gasteiger partial charge in [-0.05, 0) is 42.5 Å². The average molecular weight is 453 g/mol. The summed E-state index contributed by atoms with van der Waals surface area (Å²) in [5.74, 6) is -2.28. The zero-order chi connectivity index (χ0) is 21.9. The molecule has 6 nitrogen and oxygen atoms in total. The number of methoxy groups -OCH3 is 1. The molecule has 0 heterocycles. The number of halogens is 3. The van der Waals surface area contributed by atoms with Gasteiger partial charge in [-0.3, -0.25) is 9.52 Å². The summed E-state index contributed by atoms with van der Waals surface area (Å²) in [5, 5.41) is 2.14. The van der Waals surface area contributed by atoms with Gasteiger partial charge in [0.1, 0.15) is 22.3 Å². The standard InChI is InChI=1S/C20H15ClF2N2O4S/c1-29-18-5-3-2-4-17(18)25-30(27,28)19-10-12(6-8-14(19)21)20(26)24-16-9-7-13(22)11-15(16)23/h2-11,25H,1H3,(H,24,26). The predicted octanol–water partition coefficient (Wildman–Crippen LogP) is 4.68. The highest BCUT2D eigenvalue weighted by Crippen LogP contribution is 2.29. The Morgan fingerprint density at radius 2 is 1.73 bits per heavy atom. The lowest BCUT2D eigenvalue weighted by atomic mass is 10.2. The molecule has 0 unspecified atom stereocenters. The Bertz CT molecular complexity index is 1220. The average Bonchev–Trinajstić information content (AvgIpc) is 2.70. The number of amides is 1. The molecule has 0 radical (unpaired) electrons. The normalized spacial score (nSPS) is 11.1. The summed E-state index contributed by atoms with van der Waals surface area (Å²) in [6.07, 6.45) is 0. The van der Waals surface area contributed by atoms with Gasteiger partial charge < -0.3 is 10.1 Å². The number of hydrogen-bond acceptors (Lipinski definition) is 4. The number of carbonyl (C=O) groups excluding carboxylic acids is 1. The number of benzene rings is 3. The minimum atomic E-state index is -4.18. The van der Waals surface area contributed by atoms with Crippen LogP contribution in [0.1, 0.15) is 10.4 Å². The highest BCUT2D eigenvalue weighted by molar-refractivity contribution is 7.92. The molecule has 0 saturated heterocycles. The van der Waals surface area contributed by atoms with Crippen LogP contribution in [0.5, 0.6) is 5.75 Å². The summed E-state index contributed by atoms with van der Waals surface area (Å²) in [6, 6.07) is 12.6. The fourth-order valence-electron chi connectivity index (χ4n) is 2.56. The van der Waals surface area contributed by atoms with Gasteiger partial charge >= 0.3 is 0 Å². The van der Waals surface area contributed by atoms with Gasteiger partial charge in [0, 0.05) is 11.6 Å². The smallest absolute Gasteiger partial charge is 0.263 e. The Balaban J connectivity index is 1.91. The van der Waals surface area contributed by atoms with Gasteiger partial charge in [0.2, 0.25) is 0 Å². The van der Waals surface area contributed by atoms with Crippen molar-refractivity contribution >= 4 is 38.9 Å². The molecule has 2 N–H and O–H groups in total. The Hall–Kier alpha value is -3.17. The van der Waals surface area contributed by atoms with Gasteiger partial charge in [-0.1, -0.05) is 23.7 Å². The van der Waals surface area contributed by atoms with E-state index in [2.05, 4.69) is 10.0 Å². The monoisotopic (exact) mass is 452 g/mol. The molecule has 0 aliphatic heterocycles. The van der Waals surface area contributed by atoms with Crippen LogP contribution < -0.4 is 14.8 Å². The first-order valence-corrected chi connectivity index (χ1v) is 10.3. The van der Waals surface area contributed by atoms with Gasteiger partial charge in [0.05, 0.1) is 23.5 Å². The number of rotatable bonds is 6. The molecular weight excluding hydrogens is 438 g/mol. The maximum atomic E-state index is 13.8. The van der Waals surface area contributed by atoms with E-state index in [9.17, 15) is 22.0 Å². The number of nitrogens with one attached hydrogen (secondary N) is 2. The zero-order valence-corrected chi connectivity index (χ0v) is 17.0. The van der Waals surface area contributed by atoms with Crippen LogP contribution in [0.2, 0.25) is 5.02 Å². The molecule has 3 rings (SSSR count). The first-order chi connectivity index (χ1) is 14.2. The van der Waals surface area contributed by atoms with E-state index >= 15 is 0 Å². The number of anilines is 2. The largest absolute Gasteiger partial charge is 0.495 e. The van der Waals surface area contributed by atoms with E-state index in [0.29, 0.717) is 6.07 Å². The third-order valence-corrected chi connectivity index (χ3v) is 5.86. The van der Waals surface area contributed by atoms with Crippen molar-refractivity contribution in [1.82, 2.24) is 0 Å². The number of para-hydroxylation sites is 2. The van der Waals surface area contributed by atoms with Gasteiger partial charge in [-0.15, -0.1) is 0 Å². The number of sulfonamides is 1. The van der Waals surface area contributed by atoms with E-state index in [1.807, 2.05) is 0 Å². The molecule has 3 aromatic rings. The molecule has 0 aliphatic carbocycles. The molecule has 0 atom stereocenters. The summed E-state index contributed by atoms with van der Waals surface area (Å²) in [6.45, 7) is 0. The molecule has 0 spiro atoms. The van der Waals surface area contributed by atoms with Crippen LogP contribution >= 0.6 is 11.6 Å². The molecule has 0 aliphatic rings. The zero-order valence-electron chi connectivity index (χ0n) is 15.4. The van der Waals surface area contributed by atoms with Gasteiger partial charge in [0.15, 0.2) is 0 Å². The summed E-state index contributed by atoms with van der Waals surface area (Å²) >= 11 is 6.04. The summed E-state index contributed by atoms with van der Waals surface area (Å²) in [7, 11) is -2.80. The van der Waals surface area contributed by atoms with E-state index in [0.717, 1.165) is 18.2 Å². The first kappa shape index (κ1) is 21.5. The number of hydrogen-bond donors (Lipinski definition) is 2. The van der Waals surface area contributed by atoms with E-state index in [1.54, 1.807) is 18.2 Å². The lowest BCUT2D eigenvalue weighted by Crippen LogP contribution is -2.17. The Labute approximate surface area is 176 Å². The van der Waals surface area contributed by atoms with Crippen molar-refractivity contribution < 1.29 is 26.7 Å². The van der Waals surface area contributed by atoms with Crippen molar-refractivity contribution in [2.24, 2.45) is 0 Å². The topological polar surface area (TPSA) is 84.5 Å². The van der Waals surface area contributed by atoms with Crippen LogP contribution in [0.25, 0.3) is 0 Å². The molecule has 0 saturated carbocycles. The van der Waals surface area contributed by atoms with E-state index in [4.69, 9.17) is 16.3 Å². The quantitative estimate of drug-likeness (QED) is 0.568. The Morgan fingerprint density at radius 1 is 1.00 bits per heavy atom. The second-order valence-corrected chi connectivity index (χ2v) is 8.09. The van der Waals surface area contributed by atoms with Gasteiger partial charge in [-0.2, -0.15) is 0 Å². The van der Waals surface area contributed by atoms with Gasteiger partial charge in [-0.25, -0.2) is 17.2 Å². The fourth-order valence-corrected chi connectivity index (χ4v) is 4.16. The first-order valence-electron chi connectivity index (χ1n) is 8.43. The molecule has 0 fully saturated rings. The molecule has 156 valence electrons. The Kier molecular flexibility index (Phi) is 6.23.